The van der Waals surface area contributed by atoms with Crippen LogP contribution in [0.15, 0.2) is 47.3 Å². The second-order valence-electron chi connectivity index (χ2n) is 4.43. The molecule has 2 aromatic rings. The van der Waals surface area contributed by atoms with E-state index in [2.05, 4.69) is 5.32 Å². The first-order valence-corrected chi connectivity index (χ1v) is 6.32. The van der Waals surface area contributed by atoms with Gasteiger partial charge in [0.25, 0.3) is 5.91 Å². The van der Waals surface area contributed by atoms with Crippen LogP contribution in [0.5, 0.6) is 5.75 Å². The fraction of sp³-hybridized carbons (Fsp3) is 0.267. The molecule has 0 spiro atoms. The van der Waals surface area contributed by atoms with Crippen molar-refractivity contribution in [2.45, 2.75) is 13.0 Å². The summed E-state index contributed by atoms with van der Waals surface area (Å²) in [7, 11) is 0. The maximum absolute atomic E-state index is 11.6. The van der Waals surface area contributed by atoms with Gasteiger partial charge < -0.3 is 19.6 Å². The molecular weight excluding hydrogens is 258 g/mol. The fourth-order valence-corrected chi connectivity index (χ4v) is 1.71. The second-order valence-corrected chi connectivity index (χ2v) is 4.43. The predicted octanol–water partition coefficient (Wildman–Crippen LogP) is 1.82. The van der Waals surface area contributed by atoms with E-state index in [0.29, 0.717) is 11.3 Å². The number of ether oxygens (including phenoxy) is 1. The maximum Gasteiger partial charge on any atom is 0.258 e. The average molecular weight is 275 g/mol. The molecule has 106 valence electrons. The van der Waals surface area contributed by atoms with E-state index >= 15 is 0 Å². The fourth-order valence-electron chi connectivity index (χ4n) is 1.71. The molecule has 1 aromatic carbocycles. The molecule has 20 heavy (non-hydrogen) atoms. The molecule has 0 saturated carbocycles. The Bertz CT molecular complexity index is 551. The van der Waals surface area contributed by atoms with Crippen LogP contribution in [0.1, 0.15) is 17.2 Å². The quantitative estimate of drug-likeness (QED) is 0.843. The van der Waals surface area contributed by atoms with Crippen LogP contribution in [0, 0.1) is 6.92 Å². The van der Waals surface area contributed by atoms with E-state index < -0.39 is 6.10 Å². The minimum absolute atomic E-state index is 0.0804. The first-order chi connectivity index (χ1) is 9.66. The highest BCUT2D eigenvalue weighted by molar-refractivity contribution is 5.77. The van der Waals surface area contributed by atoms with Crippen molar-refractivity contribution in [1.82, 2.24) is 5.32 Å². The molecule has 5 nitrogen and oxygen atoms in total. The molecule has 0 aliphatic rings. The molecule has 0 bridgehead atoms. The summed E-state index contributed by atoms with van der Waals surface area (Å²) >= 11 is 0. The van der Waals surface area contributed by atoms with E-state index in [1.807, 2.05) is 31.2 Å². The Balaban J connectivity index is 1.75. The zero-order valence-corrected chi connectivity index (χ0v) is 11.2. The number of hydrogen-bond acceptors (Lipinski definition) is 4. The number of aliphatic hydroxyl groups excluding tert-OH is 1. The molecule has 0 radical (unpaired) electrons. The van der Waals surface area contributed by atoms with E-state index in [1.54, 1.807) is 6.07 Å². The number of rotatable bonds is 6. The van der Waals surface area contributed by atoms with Crippen molar-refractivity contribution in [1.29, 1.82) is 0 Å². The zero-order valence-electron chi connectivity index (χ0n) is 11.2. The summed E-state index contributed by atoms with van der Waals surface area (Å²) in [4.78, 5) is 11.6. The Morgan fingerprint density at radius 3 is 2.90 bits per heavy atom. The monoisotopic (exact) mass is 275 g/mol. The van der Waals surface area contributed by atoms with Gasteiger partial charge in [-0.25, -0.2) is 0 Å². The van der Waals surface area contributed by atoms with E-state index in [-0.39, 0.29) is 19.1 Å². The Morgan fingerprint density at radius 1 is 1.40 bits per heavy atom. The predicted molar refractivity (Wildman–Crippen MR) is 73.4 cm³/mol. The number of carbonyl (C=O) groups is 1. The molecule has 1 amide bonds. The lowest BCUT2D eigenvalue weighted by Crippen LogP contribution is -2.32. The normalized spacial score (nSPS) is 11.9. The standard InChI is InChI=1S/C15H17NO4/c1-11-4-2-3-5-14(11)20-10-15(18)16-8-13(17)12-6-7-19-9-12/h2-7,9,13,17H,8,10H2,1H3,(H,16,18)/t13-/m1/s1. The van der Waals surface area contributed by atoms with Gasteiger partial charge in [-0.1, -0.05) is 18.2 Å². The molecule has 0 fully saturated rings. The largest absolute Gasteiger partial charge is 0.484 e. The van der Waals surface area contributed by atoms with Crippen LogP contribution in [0.2, 0.25) is 0 Å². The number of nitrogens with one attached hydrogen (secondary N) is 1. The van der Waals surface area contributed by atoms with E-state index in [9.17, 15) is 9.90 Å². The highest BCUT2D eigenvalue weighted by atomic mass is 16.5. The van der Waals surface area contributed by atoms with Gasteiger partial charge in [-0.15, -0.1) is 0 Å². The smallest absolute Gasteiger partial charge is 0.258 e. The number of benzene rings is 1. The summed E-state index contributed by atoms with van der Waals surface area (Å²) in [5, 5.41) is 12.4. The summed E-state index contributed by atoms with van der Waals surface area (Å²) in [6, 6.07) is 9.13. The third-order valence-electron chi connectivity index (χ3n) is 2.87. The van der Waals surface area contributed by atoms with Crippen LogP contribution in [0.25, 0.3) is 0 Å². The van der Waals surface area contributed by atoms with E-state index in [1.165, 1.54) is 12.5 Å². The molecule has 1 atom stereocenters. The van der Waals surface area contributed by atoms with Gasteiger partial charge in [0.1, 0.15) is 5.75 Å². The first-order valence-electron chi connectivity index (χ1n) is 6.32. The number of aliphatic hydroxyl groups is 1. The van der Waals surface area contributed by atoms with Gasteiger partial charge in [0.2, 0.25) is 0 Å². The molecule has 5 heteroatoms. The molecule has 2 N–H and O–H groups in total. The zero-order chi connectivity index (χ0) is 14.4. The summed E-state index contributed by atoms with van der Waals surface area (Å²) in [6.45, 7) is 1.95. The third-order valence-corrected chi connectivity index (χ3v) is 2.87. The van der Waals surface area contributed by atoms with Gasteiger partial charge in [-0.05, 0) is 24.6 Å². The molecule has 1 heterocycles. The van der Waals surface area contributed by atoms with E-state index in [4.69, 9.17) is 9.15 Å². The number of aryl methyl sites for hydroxylation is 1. The van der Waals surface area contributed by atoms with Gasteiger partial charge in [-0.3, -0.25) is 4.79 Å². The maximum atomic E-state index is 11.6. The Morgan fingerprint density at radius 2 is 2.20 bits per heavy atom. The van der Waals surface area contributed by atoms with Crippen molar-refractivity contribution < 1.29 is 19.1 Å². The van der Waals surface area contributed by atoms with Crippen LogP contribution in [-0.2, 0) is 4.79 Å². The lowest BCUT2D eigenvalue weighted by molar-refractivity contribution is -0.123. The average Bonchev–Trinajstić information content (AvgIpc) is 2.98. The number of furan rings is 1. The van der Waals surface area contributed by atoms with Crippen molar-refractivity contribution in [2.75, 3.05) is 13.2 Å². The summed E-state index contributed by atoms with van der Waals surface area (Å²) in [6.07, 6.45) is 2.14. The number of para-hydroxylation sites is 1. The molecular formula is C15H17NO4. The second kappa shape index (κ2) is 6.77. The van der Waals surface area contributed by atoms with Gasteiger partial charge in [0.05, 0.1) is 18.6 Å². The van der Waals surface area contributed by atoms with Gasteiger partial charge in [0, 0.05) is 12.1 Å². The van der Waals surface area contributed by atoms with Crippen LogP contribution >= 0.6 is 0 Å². The number of amides is 1. The van der Waals surface area contributed by atoms with Crippen molar-refractivity contribution in [3.8, 4) is 5.75 Å². The van der Waals surface area contributed by atoms with Crippen molar-refractivity contribution in [3.05, 3.63) is 54.0 Å². The minimum Gasteiger partial charge on any atom is -0.484 e. The van der Waals surface area contributed by atoms with Crippen molar-refractivity contribution in [2.24, 2.45) is 0 Å². The first kappa shape index (κ1) is 14.1. The summed E-state index contributed by atoms with van der Waals surface area (Å²) < 4.78 is 10.3. The molecule has 0 saturated heterocycles. The van der Waals surface area contributed by atoms with Crippen LogP contribution in [0.3, 0.4) is 0 Å². The summed E-state index contributed by atoms with van der Waals surface area (Å²) in [5.74, 6) is 0.397. The molecule has 0 aliphatic heterocycles. The molecule has 0 unspecified atom stereocenters. The molecule has 2 rings (SSSR count). The topological polar surface area (TPSA) is 71.7 Å². The van der Waals surface area contributed by atoms with Gasteiger partial charge in [0.15, 0.2) is 6.61 Å². The third kappa shape index (κ3) is 3.86. The van der Waals surface area contributed by atoms with Crippen LogP contribution in [-0.4, -0.2) is 24.2 Å². The van der Waals surface area contributed by atoms with E-state index in [0.717, 1.165) is 5.56 Å². The lowest BCUT2D eigenvalue weighted by Gasteiger charge is -2.11. The lowest BCUT2D eigenvalue weighted by atomic mass is 10.2. The minimum atomic E-state index is -0.781. The number of carbonyl (C=O) groups excluding carboxylic acids is 1. The number of hydrogen-bond donors (Lipinski definition) is 2. The Kier molecular flexibility index (Phi) is 4.79. The van der Waals surface area contributed by atoms with Crippen molar-refractivity contribution in [3.63, 3.8) is 0 Å². The molecule has 0 aliphatic carbocycles. The van der Waals surface area contributed by atoms with Gasteiger partial charge in [-0.2, -0.15) is 0 Å². The van der Waals surface area contributed by atoms with Crippen LogP contribution < -0.4 is 10.1 Å². The van der Waals surface area contributed by atoms with Crippen molar-refractivity contribution >= 4 is 5.91 Å². The summed E-state index contributed by atoms with van der Waals surface area (Å²) in [5.41, 5.74) is 1.60. The van der Waals surface area contributed by atoms with Gasteiger partial charge >= 0.3 is 0 Å². The van der Waals surface area contributed by atoms with Crippen LogP contribution in [0.4, 0.5) is 0 Å². The molecule has 1 aromatic heterocycles. The highest BCUT2D eigenvalue weighted by Crippen LogP contribution is 2.16. The Labute approximate surface area is 117 Å². The highest BCUT2D eigenvalue weighted by Gasteiger charge is 2.11. The Hall–Kier alpha value is -2.27. The SMILES string of the molecule is Cc1ccccc1OCC(=O)NC[C@@H](O)c1ccoc1.